The molecule has 0 spiro atoms. The number of ether oxygens (including phenoxy) is 1. The molecule has 2 aromatic rings. The molecule has 0 fully saturated rings. The molecule has 7 heteroatoms. The van der Waals surface area contributed by atoms with Crippen molar-refractivity contribution in [2.75, 3.05) is 6.54 Å². The van der Waals surface area contributed by atoms with Crippen molar-refractivity contribution in [3.63, 3.8) is 0 Å². The van der Waals surface area contributed by atoms with Gasteiger partial charge in [0.05, 0.1) is 0 Å². The standard InChI is InChI=1S/C33H49N3O4/c1-9-10-11-15-20-36(29(30(37)34-23(2)3)27-19-18-24(4)21-25(27)5)31(38)28(22-26-16-13-12-14-17-26)35-32(39)40-33(6,7)8/h12-14,16-19,21,23,28-29H,9-11,15,20,22H2,1-8H3,(H,34,37)(H,35,39). The maximum atomic E-state index is 14.5. The first kappa shape index (κ1) is 32.9. The van der Waals surface area contributed by atoms with Crippen LogP contribution in [0.25, 0.3) is 0 Å². The van der Waals surface area contributed by atoms with Gasteiger partial charge >= 0.3 is 6.09 Å². The quantitative estimate of drug-likeness (QED) is 0.282. The van der Waals surface area contributed by atoms with Crippen molar-refractivity contribution >= 4 is 17.9 Å². The zero-order valence-electron chi connectivity index (χ0n) is 25.7. The molecule has 2 aromatic carbocycles. The lowest BCUT2D eigenvalue weighted by atomic mass is 9.95. The number of unbranched alkanes of at least 4 members (excludes halogenated alkanes) is 3. The van der Waals surface area contributed by atoms with Gasteiger partial charge in [-0.05, 0) is 71.6 Å². The van der Waals surface area contributed by atoms with Gasteiger partial charge in [-0.1, -0.05) is 80.3 Å². The minimum atomic E-state index is -0.913. The number of carbonyl (C=O) groups is 3. The topological polar surface area (TPSA) is 87.7 Å². The third kappa shape index (κ3) is 10.7. The predicted molar refractivity (Wildman–Crippen MR) is 161 cm³/mol. The van der Waals surface area contributed by atoms with Gasteiger partial charge in [0, 0.05) is 19.0 Å². The Kier molecular flexibility index (Phi) is 12.7. The Morgan fingerprint density at radius 3 is 2.17 bits per heavy atom. The number of hydrogen-bond donors (Lipinski definition) is 2. The second kappa shape index (κ2) is 15.4. The number of benzene rings is 2. The van der Waals surface area contributed by atoms with E-state index < -0.39 is 23.8 Å². The molecule has 2 unspecified atom stereocenters. The molecule has 0 aliphatic rings. The van der Waals surface area contributed by atoms with E-state index >= 15 is 0 Å². The Morgan fingerprint density at radius 1 is 0.925 bits per heavy atom. The molecular formula is C33H49N3O4. The molecule has 0 saturated heterocycles. The van der Waals surface area contributed by atoms with E-state index in [1.165, 1.54) is 0 Å². The lowest BCUT2D eigenvalue weighted by Gasteiger charge is -2.35. The first-order chi connectivity index (χ1) is 18.8. The average molecular weight is 552 g/mol. The molecule has 2 N–H and O–H groups in total. The summed E-state index contributed by atoms with van der Waals surface area (Å²) in [4.78, 5) is 42.8. The molecule has 40 heavy (non-hydrogen) atoms. The molecule has 0 aliphatic heterocycles. The third-order valence-corrected chi connectivity index (χ3v) is 6.52. The predicted octanol–water partition coefficient (Wildman–Crippen LogP) is 6.41. The van der Waals surface area contributed by atoms with Gasteiger partial charge in [-0.15, -0.1) is 0 Å². The van der Waals surface area contributed by atoms with Gasteiger partial charge in [0.1, 0.15) is 17.7 Å². The van der Waals surface area contributed by atoms with Crippen molar-refractivity contribution in [3.05, 3.63) is 70.8 Å². The number of alkyl carbamates (subject to hydrolysis) is 1. The van der Waals surface area contributed by atoms with Crippen LogP contribution in [0.3, 0.4) is 0 Å². The summed E-state index contributed by atoms with van der Waals surface area (Å²) in [5.74, 6) is -0.545. The Labute approximate surface area is 241 Å². The summed E-state index contributed by atoms with van der Waals surface area (Å²) in [7, 11) is 0. The minimum absolute atomic E-state index is 0.0993. The first-order valence-corrected chi connectivity index (χ1v) is 14.5. The van der Waals surface area contributed by atoms with E-state index in [0.717, 1.165) is 47.9 Å². The Hall–Kier alpha value is -3.35. The highest BCUT2D eigenvalue weighted by molar-refractivity contribution is 5.92. The zero-order chi connectivity index (χ0) is 29.9. The van der Waals surface area contributed by atoms with Crippen molar-refractivity contribution in [1.82, 2.24) is 15.5 Å². The number of nitrogens with one attached hydrogen (secondary N) is 2. The molecule has 220 valence electrons. The summed E-state index contributed by atoms with van der Waals surface area (Å²) in [6.07, 6.45) is 3.39. The summed E-state index contributed by atoms with van der Waals surface area (Å²) in [6.45, 7) is 15.7. The molecule has 0 aliphatic carbocycles. The molecule has 2 rings (SSSR count). The number of carbonyl (C=O) groups excluding carboxylic acids is 3. The van der Waals surface area contributed by atoms with Gasteiger partial charge in [-0.2, -0.15) is 0 Å². The van der Waals surface area contributed by atoms with E-state index in [0.29, 0.717) is 6.54 Å². The van der Waals surface area contributed by atoms with Crippen molar-refractivity contribution in [2.24, 2.45) is 0 Å². The van der Waals surface area contributed by atoms with Crippen LogP contribution in [0.5, 0.6) is 0 Å². The maximum absolute atomic E-state index is 14.5. The molecule has 0 saturated carbocycles. The van der Waals surface area contributed by atoms with E-state index in [2.05, 4.69) is 17.6 Å². The Balaban J connectivity index is 2.58. The van der Waals surface area contributed by atoms with Crippen LogP contribution in [0.15, 0.2) is 48.5 Å². The largest absolute Gasteiger partial charge is 0.444 e. The van der Waals surface area contributed by atoms with Gasteiger partial charge in [0.25, 0.3) is 0 Å². The van der Waals surface area contributed by atoms with Crippen LogP contribution in [0.1, 0.15) is 95.5 Å². The van der Waals surface area contributed by atoms with Gasteiger partial charge in [-0.3, -0.25) is 9.59 Å². The van der Waals surface area contributed by atoms with Gasteiger partial charge in [-0.25, -0.2) is 4.79 Å². The fraction of sp³-hybridized carbons (Fsp3) is 0.545. The fourth-order valence-corrected chi connectivity index (χ4v) is 4.72. The fourth-order valence-electron chi connectivity index (χ4n) is 4.72. The second-order valence-corrected chi connectivity index (χ2v) is 11.9. The number of nitrogens with zero attached hydrogens (tertiary/aromatic N) is 1. The van der Waals surface area contributed by atoms with Crippen LogP contribution in [-0.4, -0.2) is 47.0 Å². The molecular weight excluding hydrogens is 502 g/mol. The lowest BCUT2D eigenvalue weighted by molar-refractivity contribution is -0.142. The molecule has 0 aromatic heterocycles. The maximum Gasteiger partial charge on any atom is 0.408 e. The monoisotopic (exact) mass is 551 g/mol. The van der Waals surface area contributed by atoms with Crippen LogP contribution in [0.2, 0.25) is 0 Å². The summed E-state index contributed by atoms with van der Waals surface area (Å²) in [5.41, 5.74) is 2.98. The van der Waals surface area contributed by atoms with E-state index in [1.807, 2.05) is 76.2 Å². The van der Waals surface area contributed by atoms with Crippen LogP contribution in [0.4, 0.5) is 4.79 Å². The minimum Gasteiger partial charge on any atom is -0.444 e. The summed E-state index contributed by atoms with van der Waals surface area (Å²) in [6, 6.07) is 13.7. The third-order valence-electron chi connectivity index (χ3n) is 6.52. The van der Waals surface area contributed by atoms with E-state index in [-0.39, 0.29) is 24.3 Å². The number of amides is 3. The average Bonchev–Trinajstić information content (AvgIpc) is 2.85. The highest BCUT2D eigenvalue weighted by atomic mass is 16.6. The summed E-state index contributed by atoms with van der Waals surface area (Å²) >= 11 is 0. The first-order valence-electron chi connectivity index (χ1n) is 14.5. The number of hydrogen-bond acceptors (Lipinski definition) is 4. The van der Waals surface area contributed by atoms with Crippen molar-refractivity contribution in [1.29, 1.82) is 0 Å². The lowest BCUT2D eigenvalue weighted by Crippen LogP contribution is -2.54. The van der Waals surface area contributed by atoms with Gasteiger partial charge < -0.3 is 20.3 Å². The smallest absolute Gasteiger partial charge is 0.408 e. The SMILES string of the molecule is CCCCCCN(C(=O)C(Cc1ccccc1)NC(=O)OC(C)(C)C)C(C(=O)NC(C)C)c1ccc(C)cc1C. The van der Waals surface area contributed by atoms with Crippen molar-refractivity contribution < 1.29 is 19.1 Å². The second-order valence-electron chi connectivity index (χ2n) is 11.9. The molecule has 7 nitrogen and oxygen atoms in total. The molecule has 2 atom stereocenters. The molecule has 0 heterocycles. The number of rotatable bonds is 13. The molecule has 0 radical (unpaired) electrons. The Bertz CT molecular complexity index is 1110. The molecule has 3 amide bonds. The highest BCUT2D eigenvalue weighted by Gasteiger charge is 2.37. The van der Waals surface area contributed by atoms with Crippen molar-refractivity contribution in [2.45, 2.75) is 111 Å². The van der Waals surface area contributed by atoms with Crippen LogP contribution < -0.4 is 10.6 Å². The number of aryl methyl sites for hydroxylation is 2. The van der Waals surface area contributed by atoms with Crippen LogP contribution in [0, 0.1) is 13.8 Å². The van der Waals surface area contributed by atoms with E-state index in [4.69, 9.17) is 4.74 Å². The Morgan fingerprint density at radius 2 is 1.60 bits per heavy atom. The summed E-state index contributed by atoms with van der Waals surface area (Å²) in [5, 5.41) is 5.87. The van der Waals surface area contributed by atoms with E-state index in [9.17, 15) is 14.4 Å². The summed E-state index contributed by atoms with van der Waals surface area (Å²) < 4.78 is 5.53. The van der Waals surface area contributed by atoms with Crippen molar-refractivity contribution in [3.8, 4) is 0 Å². The molecule has 0 bridgehead atoms. The van der Waals surface area contributed by atoms with Gasteiger partial charge in [0.15, 0.2) is 0 Å². The van der Waals surface area contributed by atoms with Gasteiger partial charge in [0.2, 0.25) is 11.8 Å². The van der Waals surface area contributed by atoms with E-state index in [1.54, 1.807) is 25.7 Å². The zero-order valence-corrected chi connectivity index (χ0v) is 25.7. The van der Waals surface area contributed by atoms with Crippen LogP contribution >= 0.6 is 0 Å². The normalized spacial score (nSPS) is 12.9. The van der Waals surface area contributed by atoms with Crippen LogP contribution in [-0.2, 0) is 20.7 Å². The highest BCUT2D eigenvalue weighted by Crippen LogP contribution is 2.28.